The van der Waals surface area contributed by atoms with Gasteiger partial charge in [0.1, 0.15) is 11.9 Å². The minimum atomic E-state index is 0.351. The van der Waals surface area contributed by atoms with Gasteiger partial charge in [-0.25, -0.2) is 0 Å². The highest BCUT2D eigenvalue weighted by atomic mass is 16.6. The van der Waals surface area contributed by atoms with Crippen molar-refractivity contribution in [3.8, 4) is 16.9 Å². The topological polar surface area (TPSA) is 55.0 Å². The molecule has 1 fully saturated rings. The summed E-state index contributed by atoms with van der Waals surface area (Å²) in [5.41, 5.74) is 6.54. The summed E-state index contributed by atoms with van der Waals surface area (Å²) in [5.74, 6) is 0.908. The summed E-state index contributed by atoms with van der Waals surface area (Å²) in [6.07, 6.45) is 3.54. The number of hydrogen-bond acceptors (Lipinski definition) is 5. The van der Waals surface area contributed by atoms with E-state index in [0.29, 0.717) is 6.10 Å². The molecule has 1 atom stereocenters. The van der Waals surface area contributed by atoms with Crippen LogP contribution in [-0.4, -0.2) is 32.5 Å². The monoisotopic (exact) mass is 494 g/mol. The van der Waals surface area contributed by atoms with Crippen LogP contribution in [0.2, 0.25) is 0 Å². The fourth-order valence-electron chi connectivity index (χ4n) is 4.06. The second kappa shape index (κ2) is 12.9. The van der Waals surface area contributed by atoms with Gasteiger partial charge in [-0.1, -0.05) is 42.5 Å². The molecule has 5 heteroatoms. The van der Waals surface area contributed by atoms with Crippen LogP contribution in [0.5, 0.6) is 5.75 Å². The predicted octanol–water partition coefficient (Wildman–Crippen LogP) is 7.81. The Morgan fingerprint density at radius 2 is 1.24 bits per heavy atom. The van der Waals surface area contributed by atoms with E-state index in [0.717, 1.165) is 85.3 Å². The number of ether oxygens (including phenoxy) is 3. The lowest BCUT2D eigenvalue weighted by molar-refractivity contribution is 0.112. The minimum Gasteiger partial charge on any atom is -0.494 e. The Labute approximate surface area is 219 Å². The highest BCUT2D eigenvalue weighted by molar-refractivity contribution is 5.70. The first-order chi connectivity index (χ1) is 18.3. The smallest absolute Gasteiger partial charge is 0.119 e. The Morgan fingerprint density at radius 3 is 1.92 bits per heavy atom. The summed E-state index contributed by atoms with van der Waals surface area (Å²) in [6.45, 7) is 3.12. The van der Waals surface area contributed by atoms with E-state index in [9.17, 15) is 0 Å². The molecule has 2 N–H and O–H groups in total. The van der Waals surface area contributed by atoms with Crippen molar-refractivity contribution in [1.82, 2.24) is 0 Å². The fourth-order valence-corrected chi connectivity index (χ4v) is 4.06. The van der Waals surface area contributed by atoms with E-state index in [1.165, 1.54) is 0 Å². The number of para-hydroxylation sites is 1. The second-order valence-corrected chi connectivity index (χ2v) is 9.24. The summed E-state index contributed by atoms with van der Waals surface area (Å²) in [7, 11) is 0. The molecule has 1 aliphatic heterocycles. The number of benzene rings is 4. The zero-order valence-corrected chi connectivity index (χ0v) is 21.1. The fraction of sp³-hybridized carbons (Fsp3) is 0.250. The van der Waals surface area contributed by atoms with Crippen LogP contribution < -0.4 is 15.4 Å². The summed E-state index contributed by atoms with van der Waals surface area (Å²) >= 11 is 0. The number of unbranched alkanes of at least 4 members (excludes halogenated alkanes) is 2. The maximum Gasteiger partial charge on any atom is 0.119 e. The van der Waals surface area contributed by atoms with Crippen LogP contribution in [0.3, 0.4) is 0 Å². The van der Waals surface area contributed by atoms with Crippen molar-refractivity contribution in [2.45, 2.75) is 25.4 Å². The van der Waals surface area contributed by atoms with Gasteiger partial charge in [-0.15, -0.1) is 0 Å². The van der Waals surface area contributed by atoms with Crippen molar-refractivity contribution < 1.29 is 14.2 Å². The SMILES string of the molecule is c1ccc(Nc2ccc(Nc3ccc(-c4cccc(OCCCCCOCC5CO5)c4)cc3)cc2)cc1. The van der Waals surface area contributed by atoms with Crippen LogP contribution in [0, 0.1) is 0 Å². The van der Waals surface area contributed by atoms with Gasteiger partial charge in [-0.2, -0.15) is 0 Å². The van der Waals surface area contributed by atoms with Gasteiger partial charge in [0.2, 0.25) is 0 Å². The molecule has 1 heterocycles. The van der Waals surface area contributed by atoms with Crippen molar-refractivity contribution in [2.75, 3.05) is 37.1 Å². The molecule has 0 spiro atoms. The number of nitrogens with one attached hydrogen (secondary N) is 2. The lowest BCUT2D eigenvalue weighted by Gasteiger charge is -2.11. The lowest BCUT2D eigenvalue weighted by Crippen LogP contribution is -2.03. The molecule has 190 valence electrons. The first-order valence-corrected chi connectivity index (χ1v) is 13.0. The molecule has 0 amide bonds. The molecule has 4 aromatic carbocycles. The maximum absolute atomic E-state index is 5.99. The van der Waals surface area contributed by atoms with Gasteiger partial charge in [0, 0.05) is 29.4 Å². The quantitative estimate of drug-likeness (QED) is 0.138. The van der Waals surface area contributed by atoms with E-state index in [-0.39, 0.29) is 0 Å². The number of anilines is 4. The van der Waals surface area contributed by atoms with Crippen LogP contribution in [0.25, 0.3) is 11.1 Å². The van der Waals surface area contributed by atoms with Gasteiger partial charge >= 0.3 is 0 Å². The second-order valence-electron chi connectivity index (χ2n) is 9.24. The largest absolute Gasteiger partial charge is 0.494 e. The molecule has 4 aromatic rings. The number of hydrogen-bond donors (Lipinski definition) is 2. The van der Waals surface area contributed by atoms with Crippen molar-refractivity contribution in [3.05, 3.63) is 103 Å². The maximum atomic E-state index is 5.99. The highest BCUT2D eigenvalue weighted by Crippen LogP contribution is 2.27. The van der Waals surface area contributed by atoms with Crippen molar-refractivity contribution >= 4 is 22.7 Å². The van der Waals surface area contributed by atoms with Crippen molar-refractivity contribution in [1.29, 1.82) is 0 Å². The van der Waals surface area contributed by atoms with Gasteiger partial charge in [0.15, 0.2) is 0 Å². The van der Waals surface area contributed by atoms with E-state index in [1.54, 1.807) is 0 Å². The molecular weight excluding hydrogens is 460 g/mol. The molecule has 37 heavy (non-hydrogen) atoms. The normalized spacial score (nSPS) is 14.2. The molecular formula is C32H34N2O3. The van der Waals surface area contributed by atoms with E-state index in [2.05, 4.69) is 89.5 Å². The van der Waals surface area contributed by atoms with Gasteiger partial charge in [-0.3, -0.25) is 0 Å². The molecule has 0 aliphatic carbocycles. The highest BCUT2D eigenvalue weighted by Gasteiger charge is 2.21. The molecule has 0 aromatic heterocycles. The first-order valence-electron chi connectivity index (χ1n) is 13.0. The summed E-state index contributed by atoms with van der Waals surface area (Å²) in [6, 6.07) is 35.3. The van der Waals surface area contributed by atoms with Gasteiger partial charge in [0.05, 0.1) is 19.8 Å². The van der Waals surface area contributed by atoms with E-state index < -0.39 is 0 Å². The molecule has 1 aliphatic rings. The van der Waals surface area contributed by atoms with Crippen molar-refractivity contribution in [2.24, 2.45) is 0 Å². The Bertz CT molecular complexity index is 1220. The van der Waals surface area contributed by atoms with Gasteiger partial charge in [0.25, 0.3) is 0 Å². The Hall–Kier alpha value is -3.80. The zero-order valence-electron chi connectivity index (χ0n) is 21.1. The average Bonchev–Trinajstić information content (AvgIpc) is 3.77. The number of epoxide rings is 1. The third kappa shape index (κ3) is 8.10. The zero-order chi connectivity index (χ0) is 25.1. The van der Waals surface area contributed by atoms with E-state index in [4.69, 9.17) is 14.2 Å². The standard InChI is InChI=1S/C32H34N2O3/c1-3-9-27(10-4-1)33-29-16-18-30(19-17-29)34-28-14-12-25(13-15-28)26-8-7-11-31(22-26)36-21-6-2-5-20-35-23-32-24-37-32/h1,3-4,7-19,22,32-34H,2,5-6,20-21,23-24H2. The van der Waals surface area contributed by atoms with E-state index in [1.807, 2.05) is 24.3 Å². The minimum absolute atomic E-state index is 0.351. The van der Waals surface area contributed by atoms with Crippen LogP contribution in [-0.2, 0) is 9.47 Å². The van der Waals surface area contributed by atoms with E-state index >= 15 is 0 Å². The first kappa shape index (κ1) is 24.9. The third-order valence-corrected chi connectivity index (χ3v) is 6.20. The van der Waals surface area contributed by atoms with Crippen molar-refractivity contribution in [3.63, 3.8) is 0 Å². The molecule has 0 bridgehead atoms. The molecule has 0 radical (unpaired) electrons. The predicted molar refractivity (Wildman–Crippen MR) is 151 cm³/mol. The van der Waals surface area contributed by atoms with Crippen LogP contribution in [0.1, 0.15) is 19.3 Å². The summed E-state index contributed by atoms with van der Waals surface area (Å²) in [5, 5.41) is 6.89. The molecule has 5 nitrogen and oxygen atoms in total. The molecule has 0 saturated carbocycles. The van der Waals surface area contributed by atoms with Gasteiger partial charge < -0.3 is 24.8 Å². The number of rotatable bonds is 14. The Morgan fingerprint density at radius 1 is 0.622 bits per heavy atom. The third-order valence-electron chi connectivity index (χ3n) is 6.20. The summed E-state index contributed by atoms with van der Waals surface area (Å²) in [4.78, 5) is 0. The molecule has 5 rings (SSSR count). The van der Waals surface area contributed by atoms with Crippen LogP contribution >= 0.6 is 0 Å². The van der Waals surface area contributed by atoms with Crippen LogP contribution in [0.15, 0.2) is 103 Å². The Kier molecular flexibility index (Phi) is 8.71. The van der Waals surface area contributed by atoms with Gasteiger partial charge in [-0.05, 0) is 91.1 Å². The summed E-state index contributed by atoms with van der Waals surface area (Å²) < 4.78 is 16.7. The lowest BCUT2D eigenvalue weighted by atomic mass is 10.1. The average molecular weight is 495 g/mol. The van der Waals surface area contributed by atoms with Crippen LogP contribution in [0.4, 0.5) is 22.7 Å². The molecule has 1 unspecified atom stereocenters. The molecule has 1 saturated heterocycles. The Balaban J connectivity index is 1.07.